The van der Waals surface area contributed by atoms with E-state index in [0.29, 0.717) is 5.75 Å². The van der Waals surface area contributed by atoms with E-state index < -0.39 is 16.0 Å². The van der Waals surface area contributed by atoms with Crippen LogP contribution in [-0.4, -0.2) is 38.7 Å². The van der Waals surface area contributed by atoms with Crippen molar-refractivity contribution in [1.82, 2.24) is 4.31 Å². The predicted octanol–water partition coefficient (Wildman–Crippen LogP) is 3.50. The summed E-state index contributed by atoms with van der Waals surface area (Å²) in [5.41, 5.74) is 2.92. The van der Waals surface area contributed by atoms with Crippen LogP contribution in [0.3, 0.4) is 0 Å². The Labute approximate surface area is 173 Å². The van der Waals surface area contributed by atoms with Gasteiger partial charge >= 0.3 is 5.97 Å². The third-order valence-corrected chi connectivity index (χ3v) is 5.69. The zero-order chi connectivity index (χ0) is 21.7. The third-order valence-electron chi connectivity index (χ3n) is 4.49. The highest BCUT2D eigenvalue weighted by Crippen LogP contribution is 2.23. The molecule has 7 heteroatoms. The van der Waals surface area contributed by atoms with Gasteiger partial charge in [-0.15, -0.1) is 0 Å². The molecule has 158 valence electrons. The quantitative estimate of drug-likeness (QED) is 0.613. The Morgan fingerprint density at radius 2 is 1.62 bits per heavy atom. The molecule has 0 aliphatic carbocycles. The predicted molar refractivity (Wildman–Crippen MR) is 113 cm³/mol. The molecule has 6 nitrogen and oxygen atoms in total. The second-order valence-corrected chi connectivity index (χ2v) is 9.97. The second kappa shape index (κ2) is 9.41. The number of carbonyl (C=O) groups excluding carboxylic acids is 1. The molecule has 0 fully saturated rings. The number of nitrogens with zero attached hydrogens (tertiary/aromatic N) is 1. The van der Waals surface area contributed by atoms with E-state index in [-0.39, 0.29) is 25.1 Å². The Morgan fingerprint density at radius 1 is 1.00 bits per heavy atom. The summed E-state index contributed by atoms with van der Waals surface area (Å²) < 4.78 is 36.0. The molecular weight excluding hydrogens is 390 g/mol. The van der Waals surface area contributed by atoms with Gasteiger partial charge in [0.2, 0.25) is 10.0 Å². The van der Waals surface area contributed by atoms with Crippen LogP contribution in [0, 0.1) is 0 Å². The van der Waals surface area contributed by atoms with Crippen LogP contribution in [0.4, 0.5) is 0 Å². The van der Waals surface area contributed by atoms with Gasteiger partial charge in [-0.2, -0.15) is 4.31 Å². The second-order valence-electron chi connectivity index (χ2n) is 7.99. The topological polar surface area (TPSA) is 72.9 Å². The Kier molecular flexibility index (Phi) is 7.43. The van der Waals surface area contributed by atoms with Crippen LogP contribution in [0.15, 0.2) is 48.5 Å². The van der Waals surface area contributed by atoms with Crippen LogP contribution in [-0.2, 0) is 38.1 Å². The van der Waals surface area contributed by atoms with Crippen molar-refractivity contribution in [2.45, 2.75) is 39.3 Å². The van der Waals surface area contributed by atoms with Gasteiger partial charge < -0.3 is 9.47 Å². The highest BCUT2D eigenvalue weighted by atomic mass is 32.2. The maximum atomic E-state index is 12.3. The molecule has 29 heavy (non-hydrogen) atoms. The summed E-state index contributed by atoms with van der Waals surface area (Å²) in [6.07, 6.45) is 1.20. The molecule has 0 unspecified atom stereocenters. The Bertz CT molecular complexity index is 930. The van der Waals surface area contributed by atoms with Crippen LogP contribution >= 0.6 is 0 Å². The van der Waals surface area contributed by atoms with Crippen molar-refractivity contribution >= 4 is 16.0 Å². The lowest BCUT2D eigenvalue weighted by atomic mass is 9.87. The highest BCUT2D eigenvalue weighted by molar-refractivity contribution is 7.88. The van der Waals surface area contributed by atoms with Gasteiger partial charge in [0, 0.05) is 13.1 Å². The summed E-state index contributed by atoms with van der Waals surface area (Å²) >= 11 is 0. The number of benzene rings is 2. The molecule has 0 saturated carbocycles. The maximum absolute atomic E-state index is 12.3. The van der Waals surface area contributed by atoms with Crippen LogP contribution in [0.2, 0.25) is 0 Å². The number of sulfonamides is 1. The van der Waals surface area contributed by atoms with E-state index >= 15 is 0 Å². The van der Waals surface area contributed by atoms with Crippen molar-refractivity contribution in [2.75, 3.05) is 20.0 Å². The molecule has 0 saturated heterocycles. The van der Waals surface area contributed by atoms with E-state index in [1.807, 2.05) is 30.3 Å². The lowest BCUT2D eigenvalue weighted by Crippen LogP contribution is -2.29. The molecule has 2 rings (SSSR count). The lowest BCUT2D eigenvalue weighted by Gasteiger charge is -2.22. The van der Waals surface area contributed by atoms with E-state index in [1.54, 1.807) is 18.2 Å². The first-order chi connectivity index (χ1) is 13.5. The fourth-order valence-corrected chi connectivity index (χ4v) is 3.51. The standard InChI is InChI=1S/C22H29NO5S/c1-22(2,3)19-11-9-17(10-12-19)14-23(29(5,25)26)15-18-7-6-8-20(13-18)28-16-21(24)27-4/h6-13H,14-16H2,1-5H3. The van der Waals surface area contributed by atoms with Crippen LogP contribution in [0.25, 0.3) is 0 Å². The van der Waals surface area contributed by atoms with Crippen molar-refractivity contribution < 1.29 is 22.7 Å². The molecule has 2 aromatic carbocycles. The normalized spacial score (nSPS) is 12.1. The van der Waals surface area contributed by atoms with Gasteiger partial charge in [0.05, 0.1) is 13.4 Å². The minimum absolute atomic E-state index is 0.0414. The van der Waals surface area contributed by atoms with Gasteiger partial charge in [-0.25, -0.2) is 13.2 Å². The minimum atomic E-state index is -3.42. The summed E-state index contributed by atoms with van der Waals surface area (Å²) in [6, 6.07) is 15.0. The molecule has 0 N–H and O–H groups in total. The molecule has 0 aromatic heterocycles. The van der Waals surface area contributed by atoms with Gasteiger partial charge in [0.15, 0.2) is 6.61 Å². The molecule has 0 amide bonds. The SMILES string of the molecule is COC(=O)COc1cccc(CN(Cc2ccc(C(C)(C)C)cc2)S(C)(=O)=O)c1. The molecule has 2 aromatic rings. The zero-order valence-corrected chi connectivity index (χ0v) is 18.5. The van der Waals surface area contributed by atoms with Crippen LogP contribution in [0.5, 0.6) is 5.75 Å². The van der Waals surface area contributed by atoms with E-state index in [9.17, 15) is 13.2 Å². The fourth-order valence-electron chi connectivity index (χ4n) is 2.74. The van der Waals surface area contributed by atoms with E-state index in [2.05, 4.69) is 25.5 Å². The number of esters is 1. The third kappa shape index (κ3) is 7.18. The van der Waals surface area contributed by atoms with Gasteiger partial charge in [0.25, 0.3) is 0 Å². The molecule has 0 aliphatic heterocycles. The van der Waals surface area contributed by atoms with E-state index in [4.69, 9.17) is 4.74 Å². The van der Waals surface area contributed by atoms with Crippen molar-refractivity contribution in [3.63, 3.8) is 0 Å². The molecule has 0 aliphatic rings. The molecule has 0 heterocycles. The molecule has 0 spiro atoms. The first-order valence-electron chi connectivity index (χ1n) is 9.32. The maximum Gasteiger partial charge on any atom is 0.343 e. The smallest absolute Gasteiger partial charge is 0.343 e. The lowest BCUT2D eigenvalue weighted by molar-refractivity contribution is -0.142. The van der Waals surface area contributed by atoms with Gasteiger partial charge in [-0.1, -0.05) is 57.2 Å². The number of hydrogen-bond donors (Lipinski definition) is 0. The van der Waals surface area contributed by atoms with Gasteiger partial charge in [-0.05, 0) is 34.2 Å². The summed E-state index contributed by atoms with van der Waals surface area (Å²) in [7, 11) is -2.13. The number of carbonyl (C=O) groups is 1. The van der Waals surface area contributed by atoms with Crippen LogP contribution < -0.4 is 4.74 Å². The zero-order valence-electron chi connectivity index (χ0n) is 17.6. The van der Waals surface area contributed by atoms with Gasteiger partial charge in [-0.3, -0.25) is 0 Å². The van der Waals surface area contributed by atoms with E-state index in [1.165, 1.54) is 23.2 Å². The van der Waals surface area contributed by atoms with Crippen molar-refractivity contribution in [2.24, 2.45) is 0 Å². The Hall–Kier alpha value is -2.38. The first kappa shape index (κ1) is 22.9. The van der Waals surface area contributed by atoms with Crippen LogP contribution in [0.1, 0.15) is 37.5 Å². The van der Waals surface area contributed by atoms with Crippen molar-refractivity contribution in [1.29, 1.82) is 0 Å². The fraction of sp³-hybridized carbons (Fsp3) is 0.409. The molecule has 0 bridgehead atoms. The molecule has 0 radical (unpaired) electrons. The monoisotopic (exact) mass is 419 g/mol. The Balaban J connectivity index is 2.15. The molecule has 0 atom stereocenters. The number of hydrogen-bond acceptors (Lipinski definition) is 5. The number of rotatable bonds is 8. The van der Waals surface area contributed by atoms with Crippen molar-refractivity contribution in [3.05, 3.63) is 65.2 Å². The number of methoxy groups -OCH3 is 1. The molecular formula is C22H29NO5S. The first-order valence-corrected chi connectivity index (χ1v) is 11.2. The average Bonchev–Trinajstić information content (AvgIpc) is 2.65. The summed E-state index contributed by atoms with van der Waals surface area (Å²) in [4.78, 5) is 11.2. The average molecular weight is 420 g/mol. The van der Waals surface area contributed by atoms with Gasteiger partial charge in [0.1, 0.15) is 5.75 Å². The summed E-state index contributed by atoms with van der Waals surface area (Å²) in [5, 5.41) is 0. The van der Waals surface area contributed by atoms with E-state index in [0.717, 1.165) is 11.1 Å². The largest absolute Gasteiger partial charge is 0.482 e. The summed E-state index contributed by atoms with van der Waals surface area (Å²) in [6.45, 7) is 6.70. The summed E-state index contributed by atoms with van der Waals surface area (Å²) in [5.74, 6) is 0.00255. The highest BCUT2D eigenvalue weighted by Gasteiger charge is 2.19. The minimum Gasteiger partial charge on any atom is -0.482 e. The Morgan fingerprint density at radius 3 is 2.17 bits per heavy atom. The number of ether oxygens (including phenoxy) is 2. The van der Waals surface area contributed by atoms with Crippen molar-refractivity contribution in [3.8, 4) is 5.75 Å².